The lowest BCUT2D eigenvalue weighted by atomic mass is 10.2. The van der Waals surface area contributed by atoms with E-state index in [2.05, 4.69) is 32.7 Å². The van der Waals surface area contributed by atoms with Crippen molar-refractivity contribution >= 4 is 0 Å². The van der Waals surface area contributed by atoms with Gasteiger partial charge in [0.25, 0.3) is 0 Å². The van der Waals surface area contributed by atoms with E-state index >= 15 is 0 Å². The second kappa shape index (κ2) is 3.29. The third-order valence-electron chi connectivity index (χ3n) is 2.53. The Morgan fingerprint density at radius 2 is 1.82 bits per heavy atom. The lowest BCUT2D eigenvalue weighted by Gasteiger charge is -2.20. The lowest BCUT2D eigenvalue weighted by Crippen LogP contribution is -2.19. The first-order valence-electron chi connectivity index (χ1n) is 4.46. The molecule has 0 saturated heterocycles. The summed E-state index contributed by atoms with van der Waals surface area (Å²) in [6, 6.07) is 0. The van der Waals surface area contributed by atoms with E-state index in [0.29, 0.717) is 0 Å². The monoisotopic (exact) mass is 153 g/mol. The molecule has 0 aromatic rings. The van der Waals surface area contributed by atoms with Crippen LogP contribution in [0.15, 0.2) is 11.3 Å². The molecule has 0 bridgehead atoms. The molecule has 0 aliphatic heterocycles. The van der Waals surface area contributed by atoms with E-state index in [9.17, 15) is 0 Å². The Hall–Kier alpha value is -0.460. The molecule has 1 aliphatic carbocycles. The van der Waals surface area contributed by atoms with Gasteiger partial charge in [-0.15, -0.1) is 0 Å². The molecule has 0 unspecified atom stereocenters. The summed E-state index contributed by atoms with van der Waals surface area (Å²) in [7, 11) is 2.20. The van der Waals surface area contributed by atoms with Crippen LogP contribution in [0.2, 0.25) is 0 Å². The molecule has 0 N–H and O–H groups in total. The van der Waals surface area contributed by atoms with Crippen LogP contribution in [0.3, 0.4) is 0 Å². The van der Waals surface area contributed by atoms with Gasteiger partial charge in [0.2, 0.25) is 0 Å². The van der Waals surface area contributed by atoms with Gasteiger partial charge in [0.1, 0.15) is 0 Å². The molecule has 0 atom stereocenters. The zero-order valence-corrected chi connectivity index (χ0v) is 8.15. The van der Waals surface area contributed by atoms with Crippen LogP contribution in [0, 0.1) is 5.92 Å². The first-order chi connectivity index (χ1) is 5.11. The van der Waals surface area contributed by atoms with Crippen LogP contribution in [0.1, 0.15) is 33.6 Å². The molecule has 1 rings (SSSR count). The summed E-state index contributed by atoms with van der Waals surface area (Å²) in [4.78, 5) is 2.38. The minimum Gasteiger partial charge on any atom is -0.378 e. The van der Waals surface area contributed by atoms with E-state index in [1.807, 2.05) is 0 Å². The van der Waals surface area contributed by atoms with E-state index in [0.717, 1.165) is 5.92 Å². The van der Waals surface area contributed by atoms with E-state index < -0.39 is 0 Å². The van der Waals surface area contributed by atoms with Crippen LogP contribution in [-0.2, 0) is 0 Å². The zero-order valence-electron chi connectivity index (χ0n) is 8.15. The maximum Gasteiger partial charge on any atom is 0.0199 e. The Morgan fingerprint density at radius 1 is 1.27 bits per heavy atom. The molecule has 0 amide bonds. The van der Waals surface area contributed by atoms with Crippen molar-refractivity contribution < 1.29 is 0 Å². The molecule has 0 aromatic carbocycles. The van der Waals surface area contributed by atoms with Crippen molar-refractivity contribution in [2.75, 3.05) is 13.6 Å². The summed E-state index contributed by atoms with van der Waals surface area (Å²) < 4.78 is 0. The zero-order chi connectivity index (χ0) is 8.43. The standard InChI is InChI=1S/C10H19N/c1-8(2)9(3)11(4)7-10-5-6-10/h10H,5-7H2,1-4H3. The molecule has 1 saturated carbocycles. The highest BCUT2D eigenvalue weighted by molar-refractivity contribution is 5.05. The van der Waals surface area contributed by atoms with Crippen molar-refractivity contribution in [1.82, 2.24) is 4.90 Å². The first kappa shape index (κ1) is 8.63. The molecule has 1 nitrogen and oxygen atoms in total. The predicted octanol–water partition coefficient (Wildman–Crippen LogP) is 2.64. The van der Waals surface area contributed by atoms with Gasteiger partial charge in [-0.2, -0.15) is 0 Å². The van der Waals surface area contributed by atoms with Gasteiger partial charge in [-0.25, -0.2) is 0 Å². The summed E-state index contributed by atoms with van der Waals surface area (Å²) in [5, 5.41) is 0. The van der Waals surface area contributed by atoms with Crippen molar-refractivity contribution in [2.45, 2.75) is 33.6 Å². The number of allylic oxidation sites excluding steroid dienone is 2. The summed E-state index contributed by atoms with van der Waals surface area (Å²) >= 11 is 0. The largest absolute Gasteiger partial charge is 0.378 e. The Bertz CT molecular complexity index is 162. The van der Waals surface area contributed by atoms with E-state index in [4.69, 9.17) is 0 Å². The molecule has 0 heterocycles. The average molecular weight is 153 g/mol. The molecular weight excluding hydrogens is 134 g/mol. The maximum atomic E-state index is 2.38. The molecule has 11 heavy (non-hydrogen) atoms. The fourth-order valence-corrected chi connectivity index (χ4v) is 1.21. The highest BCUT2D eigenvalue weighted by Gasteiger charge is 2.22. The van der Waals surface area contributed by atoms with Crippen LogP contribution in [-0.4, -0.2) is 18.5 Å². The van der Waals surface area contributed by atoms with Crippen molar-refractivity contribution in [3.05, 3.63) is 11.3 Å². The number of nitrogens with zero attached hydrogens (tertiary/aromatic N) is 1. The smallest absolute Gasteiger partial charge is 0.0199 e. The average Bonchev–Trinajstić information content (AvgIpc) is 2.69. The first-order valence-corrected chi connectivity index (χ1v) is 4.46. The van der Waals surface area contributed by atoms with Gasteiger partial charge in [0.05, 0.1) is 0 Å². The minimum atomic E-state index is 0.995. The highest BCUT2D eigenvalue weighted by Crippen LogP contribution is 2.30. The van der Waals surface area contributed by atoms with Crippen LogP contribution < -0.4 is 0 Å². The second-order valence-corrected chi connectivity index (χ2v) is 3.91. The van der Waals surface area contributed by atoms with Crippen molar-refractivity contribution in [3.8, 4) is 0 Å². The highest BCUT2D eigenvalue weighted by atomic mass is 15.1. The number of rotatable bonds is 3. The normalized spacial score (nSPS) is 16.4. The third kappa shape index (κ3) is 2.57. The van der Waals surface area contributed by atoms with Gasteiger partial charge in [-0.1, -0.05) is 5.57 Å². The Labute approximate surface area is 70.1 Å². The molecule has 1 aliphatic rings. The third-order valence-corrected chi connectivity index (χ3v) is 2.53. The maximum absolute atomic E-state index is 2.38. The molecule has 0 radical (unpaired) electrons. The molecule has 0 spiro atoms. The van der Waals surface area contributed by atoms with Crippen molar-refractivity contribution in [3.63, 3.8) is 0 Å². The van der Waals surface area contributed by atoms with Crippen molar-refractivity contribution in [1.29, 1.82) is 0 Å². The summed E-state index contributed by atoms with van der Waals surface area (Å²) in [5.74, 6) is 0.995. The molecule has 1 fully saturated rings. The summed E-state index contributed by atoms with van der Waals surface area (Å²) in [5.41, 5.74) is 2.88. The fraction of sp³-hybridized carbons (Fsp3) is 0.800. The van der Waals surface area contributed by atoms with Gasteiger partial charge in [-0.3, -0.25) is 0 Å². The Balaban J connectivity index is 2.38. The van der Waals surface area contributed by atoms with Crippen LogP contribution in [0.5, 0.6) is 0 Å². The van der Waals surface area contributed by atoms with Crippen LogP contribution >= 0.6 is 0 Å². The van der Waals surface area contributed by atoms with Gasteiger partial charge in [0, 0.05) is 19.3 Å². The van der Waals surface area contributed by atoms with Gasteiger partial charge in [-0.05, 0) is 39.5 Å². The molecule has 1 heteroatoms. The number of hydrogen-bond acceptors (Lipinski definition) is 1. The topological polar surface area (TPSA) is 3.24 Å². The fourth-order valence-electron chi connectivity index (χ4n) is 1.21. The lowest BCUT2D eigenvalue weighted by molar-refractivity contribution is 0.394. The predicted molar refractivity (Wildman–Crippen MR) is 49.4 cm³/mol. The molecular formula is C10H19N. The summed E-state index contributed by atoms with van der Waals surface area (Å²) in [6.07, 6.45) is 2.89. The quantitative estimate of drug-likeness (QED) is 0.602. The van der Waals surface area contributed by atoms with Gasteiger partial charge >= 0.3 is 0 Å². The number of hydrogen-bond donors (Lipinski definition) is 0. The molecule has 64 valence electrons. The van der Waals surface area contributed by atoms with Crippen LogP contribution in [0.4, 0.5) is 0 Å². The van der Waals surface area contributed by atoms with Gasteiger partial charge < -0.3 is 4.90 Å². The van der Waals surface area contributed by atoms with E-state index in [1.54, 1.807) is 0 Å². The van der Waals surface area contributed by atoms with E-state index in [1.165, 1.54) is 30.7 Å². The van der Waals surface area contributed by atoms with Gasteiger partial charge in [0.15, 0.2) is 0 Å². The Morgan fingerprint density at radius 3 is 2.18 bits per heavy atom. The Kier molecular flexibility index (Phi) is 2.58. The molecule has 0 aromatic heterocycles. The SMILES string of the molecule is CC(C)=C(C)N(C)CC1CC1. The summed E-state index contributed by atoms with van der Waals surface area (Å²) in [6.45, 7) is 7.83. The van der Waals surface area contributed by atoms with Crippen LogP contribution in [0.25, 0.3) is 0 Å². The minimum absolute atomic E-state index is 0.995. The van der Waals surface area contributed by atoms with E-state index in [-0.39, 0.29) is 0 Å². The second-order valence-electron chi connectivity index (χ2n) is 3.91. The van der Waals surface area contributed by atoms with Crippen molar-refractivity contribution in [2.24, 2.45) is 5.92 Å².